The summed E-state index contributed by atoms with van der Waals surface area (Å²) in [5.41, 5.74) is 1.72. The van der Waals surface area contributed by atoms with Gasteiger partial charge in [-0.2, -0.15) is 0 Å². The third-order valence-corrected chi connectivity index (χ3v) is 12.2. The molecule has 0 aromatic carbocycles. The summed E-state index contributed by atoms with van der Waals surface area (Å²) in [4.78, 5) is 14.3. The van der Waals surface area contributed by atoms with Gasteiger partial charge in [-0.15, -0.1) is 0 Å². The van der Waals surface area contributed by atoms with E-state index in [9.17, 15) is 40.5 Å². The number of ketones is 1. The molecular weight excluding hydrogens is 696 g/mol. The molecule has 0 aromatic heterocycles. The molecular formula is C42H66O12. The topological polar surface area (TPSA) is 196 Å². The number of aliphatic hydroxyl groups is 7. The third kappa shape index (κ3) is 9.37. The van der Waals surface area contributed by atoms with Gasteiger partial charge in [0.05, 0.1) is 30.3 Å². The van der Waals surface area contributed by atoms with E-state index < -0.39 is 90.6 Å². The Hall–Kier alpha value is -2.07. The molecule has 2 saturated carbocycles. The second kappa shape index (κ2) is 18.0. The fourth-order valence-corrected chi connectivity index (χ4v) is 8.36. The minimum absolute atomic E-state index is 0.0505. The molecule has 2 saturated heterocycles. The molecule has 4 fully saturated rings. The smallest absolute Gasteiger partial charge is 0.187 e. The SMILES string of the molecule is C=C1[C@@H]2CCC[C@]2(C)C(=O)[C@@H](/C=C(\C)C(O)CC=C(C)C)[C@@]1(O)C/C=C(\C)C(CC=C(C)C)OC1OC(C)C(OC2OC(C)C(O)C(O)C2O)C(O)C1O. The number of fused-ring (bicyclic) bond motifs is 1. The van der Waals surface area contributed by atoms with Gasteiger partial charge in [-0.05, 0) is 110 Å². The van der Waals surface area contributed by atoms with Crippen molar-refractivity contribution >= 4 is 5.78 Å². The molecule has 0 spiro atoms. The molecule has 12 unspecified atom stereocenters. The molecule has 12 nitrogen and oxygen atoms in total. The number of hydrogen-bond acceptors (Lipinski definition) is 12. The van der Waals surface area contributed by atoms with Crippen LogP contribution >= 0.6 is 0 Å². The highest BCUT2D eigenvalue weighted by molar-refractivity contribution is 5.92. The van der Waals surface area contributed by atoms with Gasteiger partial charge < -0.3 is 54.7 Å². The van der Waals surface area contributed by atoms with Crippen LogP contribution in [-0.4, -0.2) is 121 Å². The van der Waals surface area contributed by atoms with Crippen LogP contribution in [0.4, 0.5) is 0 Å². The highest BCUT2D eigenvalue weighted by Gasteiger charge is 2.60. The minimum atomic E-state index is -1.63. The van der Waals surface area contributed by atoms with E-state index in [4.69, 9.17) is 18.9 Å². The maximum absolute atomic E-state index is 14.3. The predicted octanol–water partition coefficient (Wildman–Crippen LogP) is 3.70. The van der Waals surface area contributed by atoms with Crippen LogP contribution in [0.5, 0.6) is 0 Å². The van der Waals surface area contributed by atoms with Crippen molar-refractivity contribution in [3.63, 3.8) is 0 Å². The van der Waals surface area contributed by atoms with Crippen LogP contribution < -0.4 is 0 Å². The number of rotatable bonds is 13. The van der Waals surface area contributed by atoms with E-state index in [1.807, 2.05) is 59.8 Å². The van der Waals surface area contributed by atoms with Crippen molar-refractivity contribution in [3.8, 4) is 0 Å². The van der Waals surface area contributed by atoms with E-state index in [0.717, 1.165) is 24.0 Å². The maximum atomic E-state index is 14.3. The zero-order valence-corrected chi connectivity index (χ0v) is 33.5. The van der Waals surface area contributed by atoms with E-state index in [-0.39, 0.29) is 18.1 Å². The van der Waals surface area contributed by atoms with Crippen molar-refractivity contribution < 1.29 is 59.5 Å². The Kier molecular flexibility index (Phi) is 14.9. The Balaban J connectivity index is 1.58. The summed E-state index contributed by atoms with van der Waals surface area (Å²) in [5, 5.41) is 76.7. The summed E-state index contributed by atoms with van der Waals surface area (Å²) in [6.07, 6.45) is -4.10. The molecule has 4 aliphatic rings. The molecule has 2 aliphatic carbocycles. The van der Waals surface area contributed by atoms with Gasteiger partial charge in [0, 0.05) is 5.41 Å². The molecule has 0 amide bonds. The maximum Gasteiger partial charge on any atom is 0.187 e. The van der Waals surface area contributed by atoms with E-state index in [1.54, 1.807) is 19.9 Å². The first-order valence-corrected chi connectivity index (χ1v) is 19.4. The van der Waals surface area contributed by atoms with Crippen LogP contribution in [0.2, 0.25) is 0 Å². The lowest BCUT2D eigenvalue weighted by Gasteiger charge is -2.49. The molecule has 306 valence electrons. The lowest BCUT2D eigenvalue weighted by atomic mass is 9.55. The molecule has 2 aliphatic heterocycles. The highest BCUT2D eigenvalue weighted by atomic mass is 16.7. The Morgan fingerprint density at radius 2 is 1.44 bits per heavy atom. The second-order valence-corrected chi connectivity index (χ2v) is 16.9. The van der Waals surface area contributed by atoms with Gasteiger partial charge in [-0.3, -0.25) is 4.79 Å². The fourth-order valence-electron chi connectivity index (χ4n) is 8.36. The summed E-state index contributed by atoms with van der Waals surface area (Å²) in [7, 11) is 0. The average Bonchev–Trinajstić information content (AvgIpc) is 3.52. The number of ether oxygens (including phenoxy) is 4. The fraction of sp³-hybridized carbons (Fsp3) is 0.738. The average molecular weight is 763 g/mol. The lowest BCUT2D eigenvalue weighted by molar-refractivity contribution is -0.354. The van der Waals surface area contributed by atoms with Crippen LogP contribution in [0.15, 0.2) is 58.7 Å². The van der Waals surface area contributed by atoms with E-state index in [1.165, 1.54) is 6.92 Å². The van der Waals surface area contributed by atoms with Crippen LogP contribution in [0.3, 0.4) is 0 Å². The normalized spacial score (nSPS) is 41.6. The first-order valence-electron chi connectivity index (χ1n) is 19.4. The molecule has 0 radical (unpaired) electrons. The molecule has 12 heteroatoms. The standard InChI is InChI=1S/C42H66O12/c1-21(2)13-15-30(43)24(6)20-29-38(49)41(10)18-11-12-28(41)25(7)42(29,50)19-17-23(5)31(16-14-22(3)4)53-39-36(48)34(46)37(27(9)52-39)54-40-35(47)33(45)32(44)26(8)51-40/h13-14,17,20,26-37,39-40,43-48,50H,7,11-12,15-16,18-19H2,1-6,8-10H3/b23-17+,24-20+/t26?,27?,28-,29+,30?,31?,32?,33?,34?,35?,36?,37?,39?,40?,41-,42+/m0/s1. The van der Waals surface area contributed by atoms with Crippen LogP contribution in [0.25, 0.3) is 0 Å². The molecule has 0 aromatic rings. The number of aliphatic hydroxyl groups excluding tert-OH is 6. The molecule has 54 heavy (non-hydrogen) atoms. The van der Waals surface area contributed by atoms with Crippen LogP contribution in [0.1, 0.15) is 101 Å². The van der Waals surface area contributed by atoms with E-state index in [0.29, 0.717) is 36.0 Å². The van der Waals surface area contributed by atoms with Crippen molar-refractivity contribution in [1.29, 1.82) is 0 Å². The Morgan fingerprint density at radius 3 is 2.07 bits per heavy atom. The summed E-state index contributed by atoms with van der Waals surface area (Å²) < 4.78 is 23.8. The van der Waals surface area contributed by atoms with Crippen molar-refractivity contribution in [2.24, 2.45) is 17.3 Å². The second-order valence-electron chi connectivity index (χ2n) is 16.9. The molecule has 4 rings (SSSR count). The van der Waals surface area contributed by atoms with E-state index in [2.05, 4.69) is 6.58 Å². The van der Waals surface area contributed by atoms with Gasteiger partial charge in [0.2, 0.25) is 0 Å². The largest absolute Gasteiger partial charge is 0.388 e. The lowest BCUT2D eigenvalue weighted by Crippen LogP contribution is -2.63. The number of carbonyl (C=O) groups excluding carboxylic acids is 1. The zero-order valence-electron chi connectivity index (χ0n) is 33.5. The first kappa shape index (κ1) is 44.6. The molecule has 7 N–H and O–H groups in total. The highest BCUT2D eigenvalue weighted by Crippen LogP contribution is 2.58. The minimum Gasteiger partial charge on any atom is -0.388 e. The molecule has 0 bridgehead atoms. The van der Waals surface area contributed by atoms with Crippen molar-refractivity contribution in [2.75, 3.05) is 0 Å². The summed E-state index contributed by atoms with van der Waals surface area (Å²) >= 11 is 0. The predicted molar refractivity (Wildman–Crippen MR) is 203 cm³/mol. The first-order chi connectivity index (χ1) is 25.1. The van der Waals surface area contributed by atoms with Gasteiger partial charge in [0.1, 0.15) is 48.0 Å². The Morgan fingerprint density at radius 1 is 0.852 bits per heavy atom. The zero-order chi connectivity index (χ0) is 40.4. The quantitative estimate of drug-likeness (QED) is 0.135. The monoisotopic (exact) mass is 762 g/mol. The summed E-state index contributed by atoms with van der Waals surface area (Å²) in [5.74, 6) is -1.16. The number of carbonyl (C=O) groups is 1. The van der Waals surface area contributed by atoms with Gasteiger partial charge in [0.15, 0.2) is 12.6 Å². The molecule has 2 heterocycles. The van der Waals surface area contributed by atoms with Crippen LogP contribution in [0, 0.1) is 17.3 Å². The van der Waals surface area contributed by atoms with Gasteiger partial charge in [-0.1, -0.05) is 55.4 Å². The third-order valence-electron chi connectivity index (χ3n) is 12.2. The molecule has 16 atom stereocenters. The van der Waals surface area contributed by atoms with Crippen molar-refractivity contribution in [1.82, 2.24) is 0 Å². The van der Waals surface area contributed by atoms with Gasteiger partial charge >= 0.3 is 0 Å². The van der Waals surface area contributed by atoms with E-state index >= 15 is 0 Å². The number of hydrogen-bond donors (Lipinski definition) is 7. The number of Topliss-reactive ketones (excluding diaryl/α,β-unsaturated/α-hetero) is 1. The summed E-state index contributed by atoms with van der Waals surface area (Å²) in [6.45, 7) is 20.9. The van der Waals surface area contributed by atoms with Gasteiger partial charge in [0.25, 0.3) is 0 Å². The van der Waals surface area contributed by atoms with Crippen molar-refractivity contribution in [3.05, 3.63) is 58.7 Å². The Bertz CT molecular complexity index is 1460. The number of allylic oxidation sites excluding steroid dienone is 2. The van der Waals surface area contributed by atoms with Crippen molar-refractivity contribution in [2.45, 2.75) is 180 Å². The summed E-state index contributed by atoms with van der Waals surface area (Å²) in [6, 6.07) is 0. The van der Waals surface area contributed by atoms with Gasteiger partial charge in [-0.25, -0.2) is 0 Å². The Labute approximate surface area is 320 Å². The van der Waals surface area contributed by atoms with Crippen LogP contribution in [-0.2, 0) is 23.7 Å².